The first kappa shape index (κ1) is 18.2. The summed E-state index contributed by atoms with van der Waals surface area (Å²) >= 11 is 0.929. The van der Waals surface area contributed by atoms with Crippen molar-refractivity contribution < 1.29 is 19.1 Å². The third-order valence-electron chi connectivity index (χ3n) is 3.28. The highest BCUT2D eigenvalue weighted by molar-refractivity contribution is 8.14. The van der Waals surface area contributed by atoms with Crippen molar-refractivity contribution in [3.63, 3.8) is 0 Å². The van der Waals surface area contributed by atoms with Gasteiger partial charge in [-0.15, -0.1) is 0 Å². The number of esters is 1. The van der Waals surface area contributed by atoms with Crippen LogP contribution >= 0.6 is 11.8 Å². The molecule has 22 heavy (non-hydrogen) atoms. The van der Waals surface area contributed by atoms with Crippen molar-refractivity contribution in [1.82, 2.24) is 0 Å². The fourth-order valence-electron chi connectivity index (χ4n) is 2.23. The quantitative estimate of drug-likeness (QED) is 0.779. The molecule has 6 heteroatoms. The minimum Gasteiger partial charge on any atom is -0.467 e. The van der Waals surface area contributed by atoms with Crippen molar-refractivity contribution in [3.8, 4) is 0 Å². The van der Waals surface area contributed by atoms with Gasteiger partial charge in [0, 0.05) is 6.92 Å². The summed E-state index contributed by atoms with van der Waals surface area (Å²) in [4.78, 5) is 37.0. The number of rotatable bonds is 5. The standard InChI is InChI=1S/C16H21NO4S/c1-10-7-6-8-11(2)15(10)17(12(3)16(20)21-5)14(19)9-22-13(4)18/h6-8,12H,9H2,1-5H3/t12-/m0/s1. The topological polar surface area (TPSA) is 63.7 Å². The summed E-state index contributed by atoms with van der Waals surface area (Å²) in [5.74, 6) is -0.802. The molecule has 120 valence electrons. The molecular weight excluding hydrogens is 302 g/mol. The van der Waals surface area contributed by atoms with Crippen LogP contribution < -0.4 is 4.90 Å². The number of methoxy groups -OCH3 is 1. The van der Waals surface area contributed by atoms with Gasteiger partial charge in [0.1, 0.15) is 6.04 Å². The summed E-state index contributed by atoms with van der Waals surface area (Å²) in [5.41, 5.74) is 2.46. The number of hydrogen-bond donors (Lipinski definition) is 0. The van der Waals surface area contributed by atoms with Crippen molar-refractivity contribution in [2.75, 3.05) is 17.8 Å². The van der Waals surface area contributed by atoms with E-state index in [2.05, 4.69) is 0 Å². The zero-order chi connectivity index (χ0) is 16.9. The van der Waals surface area contributed by atoms with E-state index in [0.29, 0.717) is 5.69 Å². The highest BCUT2D eigenvalue weighted by Gasteiger charge is 2.30. The Bertz CT molecular complexity index is 565. The Hall–Kier alpha value is -1.82. The van der Waals surface area contributed by atoms with Gasteiger partial charge in [-0.1, -0.05) is 30.0 Å². The summed E-state index contributed by atoms with van der Waals surface area (Å²) in [5, 5.41) is -0.138. The van der Waals surface area contributed by atoms with E-state index >= 15 is 0 Å². The third kappa shape index (κ3) is 4.34. The number of amides is 1. The number of thioether (sulfide) groups is 1. The van der Waals surface area contributed by atoms with Crippen molar-refractivity contribution >= 4 is 34.4 Å². The number of anilines is 1. The monoisotopic (exact) mass is 323 g/mol. The molecule has 1 rings (SSSR count). The van der Waals surface area contributed by atoms with Gasteiger partial charge < -0.3 is 4.74 Å². The molecule has 0 fully saturated rings. The Labute approximate surface area is 135 Å². The van der Waals surface area contributed by atoms with E-state index in [1.54, 1.807) is 6.92 Å². The normalized spacial score (nSPS) is 11.7. The average Bonchev–Trinajstić information content (AvgIpc) is 2.47. The lowest BCUT2D eigenvalue weighted by Crippen LogP contribution is -2.45. The van der Waals surface area contributed by atoms with Gasteiger partial charge in [0.25, 0.3) is 0 Å². The first-order valence-electron chi connectivity index (χ1n) is 6.89. The molecule has 0 aliphatic heterocycles. The van der Waals surface area contributed by atoms with Gasteiger partial charge in [-0.25, -0.2) is 4.79 Å². The van der Waals surface area contributed by atoms with Crippen molar-refractivity contribution in [3.05, 3.63) is 29.3 Å². The maximum absolute atomic E-state index is 12.6. The number of para-hydroxylation sites is 1. The van der Waals surface area contributed by atoms with Gasteiger partial charge >= 0.3 is 5.97 Å². The minimum atomic E-state index is -0.759. The van der Waals surface area contributed by atoms with Gasteiger partial charge in [-0.3, -0.25) is 14.5 Å². The van der Waals surface area contributed by atoms with Crippen LogP contribution in [0.4, 0.5) is 5.69 Å². The Morgan fingerprint density at radius 3 is 2.23 bits per heavy atom. The third-order valence-corrected chi connectivity index (χ3v) is 4.08. The first-order valence-corrected chi connectivity index (χ1v) is 7.87. The van der Waals surface area contributed by atoms with Crippen LogP contribution in [-0.2, 0) is 19.1 Å². The fraction of sp³-hybridized carbons (Fsp3) is 0.438. The van der Waals surface area contributed by atoms with Gasteiger partial charge in [0.2, 0.25) is 5.91 Å². The van der Waals surface area contributed by atoms with Gasteiger partial charge in [-0.05, 0) is 31.9 Å². The minimum absolute atomic E-state index is 0.00948. The molecule has 0 bridgehead atoms. The fourth-order valence-corrected chi connectivity index (χ4v) is 2.69. The van der Waals surface area contributed by atoms with Crippen LogP contribution in [-0.4, -0.2) is 35.9 Å². The van der Waals surface area contributed by atoms with Gasteiger partial charge in [-0.2, -0.15) is 0 Å². The summed E-state index contributed by atoms with van der Waals surface area (Å²) in [6.45, 7) is 6.79. The molecule has 1 aromatic carbocycles. The van der Waals surface area contributed by atoms with Crippen LogP contribution in [0.2, 0.25) is 0 Å². The smallest absolute Gasteiger partial charge is 0.328 e. The van der Waals surface area contributed by atoms with E-state index in [4.69, 9.17) is 4.74 Å². The highest BCUT2D eigenvalue weighted by atomic mass is 32.2. The van der Waals surface area contributed by atoms with E-state index < -0.39 is 12.0 Å². The second-order valence-corrected chi connectivity index (χ2v) is 6.14. The summed E-state index contributed by atoms with van der Waals surface area (Å²) < 4.78 is 4.76. The lowest BCUT2D eigenvalue weighted by atomic mass is 10.1. The van der Waals surface area contributed by atoms with Crippen LogP contribution in [0.15, 0.2) is 18.2 Å². The van der Waals surface area contributed by atoms with Crippen LogP contribution in [0.3, 0.4) is 0 Å². The molecule has 0 saturated carbocycles. The Morgan fingerprint density at radius 1 is 1.23 bits per heavy atom. The molecule has 1 aromatic rings. The van der Waals surface area contributed by atoms with Crippen molar-refractivity contribution in [2.45, 2.75) is 33.7 Å². The van der Waals surface area contributed by atoms with E-state index in [1.807, 2.05) is 32.0 Å². The lowest BCUT2D eigenvalue weighted by molar-refractivity contribution is -0.142. The number of ether oxygens (including phenoxy) is 1. The van der Waals surface area contributed by atoms with Crippen LogP contribution in [0.5, 0.6) is 0 Å². The maximum Gasteiger partial charge on any atom is 0.328 e. The molecule has 5 nitrogen and oxygen atoms in total. The molecule has 0 N–H and O–H groups in total. The average molecular weight is 323 g/mol. The summed E-state index contributed by atoms with van der Waals surface area (Å²) in [7, 11) is 1.29. The van der Waals surface area contributed by atoms with E-state index in [9.17, 15) is 14.4 Å². The zero-order valence-corrected chi connectivity index (χ0v) is 14.3. The number of hydrogen-bond acceptors (Lipinski definition) is 5. The number of carbonyl (C=O) groups is 3. The SMILES string of the molecule is COC(=O)[C@H](C)N(C(=O)CSC(C)=O)c1c(C)cccc1C. The maximum atomic E-state index is 12.6. The number of carbonyl (C=O) groups excluding carboxylic acids is 3. The zero-order valence-electron chi connectivity index (χ0n) is 13.5. The highest BCUT2D eigenvalue weighted by Crippen LogP contribution is 2.27. The number of aryl methyl sites for hydroxylation is 2. The van der Waals surface area contributed by atoms with E-state index in [0.717, 1.165) is 22.9 Å². The Morgan fingerprint density at radius 2 is 1.77 bits per heavy atom. The predicted molar refractivity (Wildman–Crippen MR) is 88.0 cm³/mol. The summed E-state index contributed by atoms with van der Waals surface area (Å²) in [6.07, 6.45) is 0. The molecule has 0 aliphatic rings. The molecule has 0 radical (unpaired) electrons. The van der Waals surface area contributed by atoms with Crippen LogP contribution in [0.25, 0.3) is 0 Å². The first-order chi connectivity index (χ1) is 10.3. The summed E-state index contributed by atoms with van der Waals surface area (Å²) in [6, 6.07) is 4.89. The molecule has 0 heterocycles. The molecule has 0 aliphatic carbocycles. The largest absolute Gasteiger partial charge is 0.467 e. The van der Waals surface area contributed by atoms with E-state index in [-0.39, 0.29) is 16.8 Å². The molecule has 0 unspecified atom stereocenters. The second kappa shape index (κ2) is 7.98. The van der Waals surface area contributed by atoms with Gasteiger partial charge in [0.05, 0.1) is 18.6 Å². The van der Waals surface area contributed by atoms with E-state index in [1.165, 1.54) is 18.9 Å². The molecule has 0 spiro atoms. The number of benzene rings is 1. The molecule has 0 saturated heterocycles. The van der Waals surface area contributed by atoms with Crippen LogP contribution in [0, 0.1) is 13.8 Å². The van der Waals surface area contributed by atoms with Gasteiger partial charge in [0.15, 0.2) is 5.12 Å². The molecule has 0 aromatic heterocycles. The molecular formula is C16H21NO4S. The Kier molecular flexibility index (Phi) is 6.61. The number of nitrogens with zero attached hydrogens (tertiary/aromatic N) is 1. The molecule has 1 atom stereocenters. The van der Waals surface area contributed by atoms with Crippen molar-refractivity contribution in [2.24, 2.45) is 0 Å². The second-order valence-electron chi connectivity index (χ2n) is 4.98. The Balaban J connectivity index is 3.24. The lowest BCUT2D eigenvalue weighted by Gasteiger charge is -2.30. The van der Waals surface area contributed by atoms with Crippen molar-refractivity contribution in [1.29, 1.82) is 0 Å². The molecule has 1 amide bonds. The predicted octanol–water partition coefficient (Wildman–Crippen LogP) is 2.48. The van der Waals surface area contributed by atoms with Crippen LogP contribution in [0.1, 0.15) is 25.0 Å².